The minimum absolute atomic E-state index is 0.0486. The van der Waals surface area contributed by atoms with Crippen LogP contribution in [-0.4, -0.2) is 21.4 Å². The molecule has 0 aliphatic carbocycles. The van der Waals surface area contributed by atoms with Crippen LogP contribution in [0.15, 0.2) is 93.0 Å². The average Bonchev–Trinajstić information content (AvgIpc) is 2.82. The highest BCUT2D eigenvalue weighted by Crippen LogP contribution is 2.23. The molecule has 0 amide bonds. The Morgan fingerprint density at radius 2 is 1.67 bits per heavy atom. The minimum Gasteiger partial charge on any atom is -0.457 e. The minimum atomic E-state index is -3.79. The zero-order chi connectivity index (χ0) is 23.6. The van der Waals surface area contributed by atoms with Gasteiger partial charge >= 0.3 is 11.6 Å². The maximum absolute atomic E-state index is 12.9. The van der Waals surface area contributed by atoms with E-state index in [9.17, 15) is 18.0 Å². The van der Waals surface area contributed by atoms with Crippen LogP contribution in [0.5, 0.6) is 0 Å². The van der Waals surface area contributed by atoms with Gasteiger partial charge in [-0.15, -0.1) is 0 Å². The van der Waals surface area contributed by atoms with Crippen molar-refractivity contribution >= 4 is 32.6 Å². The maximum Gasteiger partial charge on any atom is 0.338 e. The highest BCUT2D eigenvalue weighted by molar-refractivity contribution is 7.92. The Labute approximate surface area is 190 Å². The van der Waals surface area contributed by atoms with Gasteiger partial charge in [0.1, 0.15) is 12.2 Å². The van der Waals surface area contributed by atoms with Crippen LogP contribution in [0.2, 0.25) is 0 Å². The summed E-state index contributed by atoms with van der Waals surface area (Å²) in [7, 11) is -2.32. The van der Waals surface area contributed by atoms with Gasteiger partial charge < -0.3 is 9.15 Å². The molecule has 168 valence electrons. The third-order valence-electron chi connectivity index (χ3n) is 5.21. The van der Waals surface area contributed by atoms with Gasteiger partial charge in [-0.2, -0.15) is 0 Å². The molecule has 33 heavy (non-hydrogen) atoms. The summed E-state index contributed by atoms with van der Waals surface area (Å²) in [6.07, 6.45) is 0. The summed E-state index contributed by atoms with van der Waals surface area (Å²) in [5.74, 6) is -0.635. The van der Waals surface area contributed by atoms with E-state index in [-0.39, 0.29) is 17.1 Å². The summed E-state index contributed by atoms with van der Waals surface area (Å²) in [6, 6.07) is 20.9. The van der Waals surface area contributed by atoms with E-state index in [2.05, 4.69) is 0 Å². The summed E-state index contributed by atoms with van der Waals surface area (Å²) in [6.45, 7) is 1.76. The molecule has 8 heteroatoms. The number of carbonyl (C=O) groups is 1. The number of hydrogen-bond donors (Lipinski definition) is 0. The topological polar surface area (TPSA) is 93.9 Å². The van der Waals surface area contributed by atoms with Crippen molar-refractivity contribution in [3.8, 4) is 0 Å². The smallest absolute Gasteiger partial charge is 0.338 e. The van der Waals surface area contributed by atoms with Gasteiger partial charge in [0.05, 0.1) is 16.1 Å². The first-order valence-corrected chi connectivity index (χ1v) is 11.5. The second-order valence-corrected chi connectivity index (χ2v) is 9.47. The van der Waals surface area contributed by atoms with Crippen LogP contribution >= 0.6 is 0 Å². The van der Waals surface area contributed by atoms with Crippen molar-refractivity contribution in [3.63, 3.8) is 0 Å². The molecule has 0 aliphatic heterocycles. The summed E-state index contributed by atoms with van der Waals surface area (Å²) < 4.78 is 37.5. The zero-order valence-electron chi connectivity index (χ0n) is 18.0. The van der Waals surface area contributed by atoms with E-state index in [1.807, 2.05) is 13.0 Å². The molecule has 0 atom stereocenters. The number of nitrogens with zero attached hydrogens (tertiary/aromatic N) is 1. The Hall–Kier alpha value is -3.91. The number of carbonyl (C=O) groups excluding carboxylic acids is 1. The van der Waals surface area contributed by atoms with E-state index in [1.165, 1.54) is 41.7 Å². The predicted octanol–water partition coefficient (Wildman–Crippen LogP) is 4.28. The second-order valence-electron chi connectivity index (χ2n) is 7.50. The summed E-state index contributed by atoms with van der Waals surface area (Å²) in [5, 5.41) is 0.679. The zero-order valence-corrected chi connectivity index (χ0v) is 18.8. The highest BCUT2D eigenvalue weighted by Gasteiger charge is 2.21. The van der Waals surface area contributed by atoms with Crippen molar-refractivity contribution in [1.29, 1.82) is 0 Å². The maximum atomic E-state index is 12.9. The highest BCUT2D eigenvalue weighted by atomic mass is 32.2. The first kappa shape index (κ1) is 22.3. The Bertz CT molecular complexity index is 1480. The fourth-order valence-corrected chi connectivity index (χ4v) is 4.58. The molecule has 0 saturated heterocycles. The standard InChI is InChI=1S/C25H21NO6S/c1-17-8-13-22-19(15-24(27)32-23(22)14-17)16-31-25(28)18-9-11-21(12-10-18)33(29,30)26(2)20-6-4-3-5-7-20/h3-15H,16H2,1-2H3. The number of sulfonamides is 1. The molecule has 0 bridgehead atoms. The monoisotopic (exact) mass is 463 g/mol. The molecule has 4 aromatic rings. The number of para-hydroxylation sites is 1. The molecule has 3 aromatic carbocycles. The Morgan fingerprint density at radius 1 is 0.970 bits per heavy atom. The predicted molar refractivity (Wildman–Crippen MR) is 125 cm³/mol. The molecule has 4 rings (SSSR count). The van der Waals surface area contributed by atoms with E-state index >= 15 is 0 Å². The summed E-state index contributed by atoms with van der Waals surface area (Å²) >= 11 is 0. The van der Waals surface area contributed by atoms with E-state index < -0.39 is 21.6 Å². The molecule has 0 spiro atoms. The molecule has 0 N–H and O–H groups in total. The summed E-state index contributed by atoms with van der Waals surface area (Å²) in [5.41, 5.74) is 2.07. The number of fused-ring (bicyclic) bond motifs is 1. The van der Waals surface area contributed by atoms with E-state index in [0.29, 0.717) is 22.2 Å². The lowest BCUT2D eigenvalue weighted by Gasteiger charge is -2.19. The molecule has 0 saturated carbocycles. The average molecular weight is 464 g/mol. The fourth-order valence-electron chi connectivity index (χ4n) is 3.38. The number of esters is 1. The SMILES string of the molecule is Cc1ccc2c(COC(=O)c3ccc(S(=O)(=O)N(C)c4ccccc4)cc3)cc(=O)oc2c1. The van der Waals surface area contributed by atoms with Gasteiger partial charge in [0.15, 0.2) is 0 Å². The molecule has 0 radical (unpaired) electrons. The Balaban J connectivity index is 1.50. The molecule has 1 aromatic heterocycles. The number of aryl methyl sites for hydroxylation is 1. The molecular formula is C25H21NO6S. The largest absolute Gasteiger partial charge is 0.457 e. The molecule has 7 nitrogen and oxygen atoms in total. The van der Waals surface area contributed by atoms with Gasteiger partial charge in [-0.3, -0.25) is 4.31 Å². The van der Waals surface area contributed by atoms with Crippen LogP contribution in [0.25, 0.3) is 11.0 Å². The lowest BCUT2D eigenvalue weighted by Crippen LogP contribution is -2.26. The lowest BCUT2D eigenvalue weighted by atomic mass is 10.1. The van der Waals surface area contributed by atoms with Gasteiger partial charge in [-0.05, 0) is 55.0 Å². The second kappa shape index (κ2) is 8.91. The van der Waals surface area contributed by atoms with Gasteiger partial charge in [-0.1, -0.05) is 30.3 Å². The number of anilines is 1. The first-order valence-electron chi connectivity index (χ1n) is 10.1. The van der Waals surface area contributed by atoms with E-state index in [1.54, 1.807) is 42.5 Å². The van der Waals surface area contributed by atoms with Crippen molar-refractivity contribution in [2.45, 2.75) is 18.4 Å². The fraction of sp³-hybridized carbons (Fsp3) is 0.120. The first-order chi connectivity index (χ1) is 15.8. The van der Waals surface area contributed by atoms with Gasteiger partial charge in [0, 0.05) is 24.1 Å². The number of hydrogen-bond acceptors (Lipinski definition) is 6. The van der Waals surface area contributed by atoms with Crippen molar-refractivity contribution in [2.24, 2.45) is 0 Å². The van der Waals surface area contributed by atoms with Crippen molar-refractivity contribution in [3.05, 3.63) is 106 Å². The van der Waals surface area contributed by atoms with E-state index in [0.717, 1.165) is 5.56 Å². The summed E-state index contributed by atoms with van der Waals surface area (Å²) in [4.78, 5) is 24.4. The third-order valence-corrected chi connectivity index (χ3v) is 7.01. The molecule has 1 heterocycles. The van der Waals surface area contributed by atoms with Crippen LogP contribution in [0.4, 0.5) is 5.69 Å². The number of rotatable bonds is 6. The van der Waals surface area contributed by atoms with E-state index in [4.69, 9.17) is 9.15 Å². The molecule has 0 fully saturated rings. The Morgan fingerprint density at radius 3 is 2.36 bits per heavy atom. The number of benzene rings is 3. The third kappa shape index (κ3) is 4.65. The van der Waals surface area contributed by atoms with Crippen molar-refractivity contribution < 1.29 is 22.4 Å². The Kier molecular flexibility index (Phi) is 6.02. The van der Waals surface area contributed by atoms with Crippen molar-refractivity contribution in [2.75, 3.05) is 11.4 Å². The molecule has 0 unspecified atom stereocenters. The molecule has 0 aliphatic rings. The number of ether oxygens (including phenoxy) is 1. The van der Waals surface area contributed by atoms with Crippen LogP contribution in [0.3, 0.4) is 0 Å². The van der Waals surface area contributed by atoms with Gasteiger partial charge in [0.25, 0.3) is 10.0 Å². The van der Waals surface area contributed by atoms with Gasteiger partial charge in [0.2, 0.25) is 0 Å². The van der Waals surface area contributed by atoms with Crippen molar-refractivity contribution in [1.82, 2.24) is 0 Å². The lowest BCUT2D eigenvalue weighted by molar-refractivity contribution is 0.0473. The van der Waals surface area contributed by atoms with Gasteiger partial charge in [-0.25, -0.2) is 18.0 Å². The quantitative estimate of drug-likeness (QED) is 0.313. The van der Waals surface area contributed by atoms with Crippen LogP contribution < -0.4 is 9.93 Å². The van der Waals surface area contributed by atoms with Crippen LogP contribution in [0.1, 0.15) is 21.5 Å². The van der Waals surface area contributed by atoms with Crippen LogP contribution in [0, 0.1) is 6.92 Å². The van der Waals surface area contributed by atoms with Crippen LogP contribution in [-0.2, 0) is 21.4 Å². The molecular weight excluding hydrogens is 442 g/mol. The normalized spacial score (nSPS) is 11.3.